The summed E-state index contributed by atoms with van der Waals surface area (Å²) in [7, 11) is 0. The molecule has 1 saturated heterocycles. The monoisotopic (exact) mass is 282 g/mol. The van der Waals surface area contributed by atoms with Crippen molar-refractivity contribution in [3.05, 3.63) is 29.3 Å². The van der Waals surface area contributed by atoms with Gasteiger partial charge in [-0.1, -0.05) is 11.6 Å². The van der Waals surface area contributed by atoms with Crippen molar-refractivity contribution in [2.75, 3.05) is 18.4 Å². The summed E-state index contributed by atoms with van der Waals surface area (Å²) >= 11 is 5.77. The highest BCUT2D eigenvalue weighted by molar-refractivity contribution is 6.30. The molecule has 2 amide bonds. The van der Waals surface area contributed by atoms with E-state index >= 15 is 0 Å². The van der Waals surface area contributed by atoms with Crippen molar-refractivity contribution in [1.82, 2.24) is 4.90 Å². The van der Waals surface area contributed by atoms with Crippen LogP contribution in [0.2, 0.25) is 5.02 Å². The maximum absolute atomic E-state index is 12.1. The lowest BCUT2D eigenvalue weighted by Crippen LogP contribution is -2.43. The summed E-state index contributed by atoms with van der Waals surface area (Å²) in [5, 5.41) is 12.3. The van der Waals surface area contributed by atoms with Crippen LogP contribution in [-0.2, 0) is 4.79 Å². The average molecular weight is 283 g/mol. The van der Waals surface area contributed by atoms with Crippen molar-refractivity contribution in [1.29, 1.82) is 0 Å². The molecular formula is C13H15ClN2O3. The Morgan fingerprint density at radius 1 is 1.32 bits per heavy atom. The number of benzene rings is 1. The molecule has 1 aromatic rings. The summed E-state index contributed by atoms with van der Waals surface area (Å²) in [6, 6.07) is 6.83. The van der Waals surface area contributed by atoms with Crippen LogP contribution in [-0.4, -0.2) is 35.1 Å². The number of rotatable bonds is 2. The molecule has 0 aromatic heterocycles. The van der Waals surface area contributed by atoms with Crippen molar-refractivity contribution < 1.29 is 14.7 Å². The first-order valence-corrected chi connectivity index (χ1v) is 6.48. The van der Waals surface area contributed by atoms with E-state index in [4.69, 9.17) is 16.7 Å². The maximum Gasteiger partial charge on any atom is 0.407 e. The lowest BCUT2D eigenvalue weighted by atomic mass is 9.97. The van der Waals surface area contributed by atoms with Gasteiger partial charge in [-0.25, -0.2) is 4.79 Å². The molecular weight excluding hydrogens is 268 g/mol. The number of hydrogen-bond acceptors (Lipinski definition) is 2. The third kappa shape index (κ3) is 3.61. The minimum Gasteiger partial charge on any atom is -0.465 e. The molecule has 0 radical (unpaired) electrons. The zero-order valence-electron chi connectivity index (χ0n) is 10.3. The van der Waals surface area contributed by atoms with E-state index in [0.29, 0.717) is 30.1 Å². The van der Waals surface area contributed by atoms with E-state index in [9.17, 15) is 9.59 Å². The molecule has 1 atom stereocenters. The third-order valence-electron chi connectivity index (χ3n) is 3.17. The van der Waals surface area contributed by atoms with Crippen molar-refractivity contribution in [3.8, 4) is 0 Å². The van der Waals surface area contributed by atoms with Crippen LogP contribution in [0.5, 0.6) is 0 Å². The number of amides is 2. The molecule has 2 rings (SSSR count). The van der Waals surface area contributed by atoms with Crippen LogP contribution in [0.4, 0.5) is 10.5 Å². The first kappa shape index (κ1) is 13.7. The van der Waals surface area contributed by atoms with Gasteiger partial charge in [-0.05, 0) is 37.1 Å². The molecule has 2 N–H and O–H groups in total. The van der Waals surface area contributed by atoms with Gasteiger partial charge < -0.3 is 15.3 Å². The molecule has 0 bridgehead atoms. The molecule has 1 heterocycles. The number of piperidine rings is 1. The summed E-state index contributed by atoms with van der Waals surface area (Å²) in [4.78, 5) is 24.2. The molecule has 0 saturated carbocycles. The molecule has 1 aromatic carbocycles. The number of nitrogens with zero attached hydrogens (tertiary/aromatic N) is 1. The van der Waals surface area contributed by atoms with Crippen LogP contribution in [0.3, 0.4) is 0 Å². The molecule has 1 aliphatic heterocycles. The number of carbonyl (C=O) groups excluding carboxylic acids is 1. The maximum atomic E-state index is 12.1. The van der Waals surface area contributed by atoms with Crippen LogP contribution in [0.25, 0.3) is 0 Å². The van der Waals surface area contributed by atoms with E-state index < -0.39 is 6.09 Å². The van der Waals surface area contributed by atoms with Crippen LogP contribution in [0.1, 0.15) is 12.8 Å². The number of nitrogens with one attached hydrogen (secondary N) is 1. The zero-order valence-corrected chi connectivity index (χ0v) is 11.1. The van der Waals surface area contributed by atoms with Crippen LogP contribution >= 0.6 is 11.6 Å². The van der Waals surface area contributed by atoms with Crippen molar-refractivity contribution >= 4 is 29.3 Å². The minimum atomic E-state index is -0.969. The van der Waals surface area contributed by atoms with Crippen LogP contribution in [0, 0.1) is 5.92 Å². The van der Waals surface area contributed by atoms with E-state index in [2.05, 4.69) is 5.32 Å². The van der Waals surface area contributed by atoms with Crippen LogP contribution < -0.4 is 5.32 Å². The number of carbonyl (C=O) groups is 2. The minimum absolute atomic E-state index is 0.145. The predicted molar refractivity (Wildman–Crippen MR) is 72.4 cm³/mol. The highest BCUT2D eigenvalue weighted by atomic mass is 35.5. The topological polar surface area (TPSA) is 69.6 Å². The fraction of sp³-hybridized carbons (Fsp3) is 0.385. The second kappa shape index (κ2) is 5.93. The van der Waals surface area contributed by atoms with Crippen molar-refractivity contribution in [3.63, 3.8) is 0 Å². The Morgan fingerprint density at radius 2 is 2.00 bits per heavy atom. The normalized spacial score (nSPS) is 19.0. The number of hydrogen-bond donors (Lipinski definition) is 2. The standard InChI is InChI=1S/C13H15ClN2O3/c14-10-3-5-11(6-4-10)15-12(17)9-2-1-7-16(8-9)13(18)19/h3-6,9H,1-2,7-8H2,(H,15,17)(H,18,19). The Morgan fingerprint density at radius 3 is 2.63 bits per heavy atom. The van der Waals surface area contributed by atoms with E-state index in [1.54, 1.807) is 24.3 Å². The lowest BCUT2D eigenvalue weighted by Gasteiger charge is -2.29. The molecule has 102 valence electrons. The van der Waals surface area contributed by atoms with E-state index in [1.165, 1.54) is 4.90 Å². The van der Waals surface area contributed by atoms with Gasteiger partial charge in [0.1, 0.15) is 0 Å². The van der Waals surface area contributed by atoms with Gasteiger partial charge in [0.05, 0.1) is 5.92 Å². The smallest absolute Gasteiger partial charge is 0.407 e. The number of likely N-dealkylation sites (tertiary alicyclic amines) is 1. The molecule has 0 aliphatic carbocycles. The Labute approximate surface area is 116 Å². The Balaban J connectivity index is 1.96. The number of anilines is 1. The van der Waals surface area contributed by atoms with Gasteiger partial charge in [0.25, 0.3) is 0 Å². The quantitative estimate of drug-likeness (QED) is 0.876. The summed E-state index contributed by atoms with van der Waals surface area (Å²) in [5.74, 6) is -0.436. The van der Waals surface area contributed by atoms with Gasteiger partial charge in [0.2, 0.25) is 5.91 Å². The second-order valence-electron chi connectivity index (χ2n) is 4.56. The highest BCUT2D eigenvalue weighted by Crippen LogP contribution is 2.19. The van der Waals surface area contributed by atoms with Gasteiger partial charge in [-0.3, -0.25) is 4.79 Å². The van der Waals surface area contributed by atoms with Crippen molar-refractivity contribution in [2.24, 2.45) is 5.92 Å². The van der Waals surface area contributed by atoms with Gasteiger partial charge in [-0.2, -0.15) is 0 Å². The first-order chi connectivity index (χ1) is 9.06. The highest BCUT2D eigenvalue weighted by Gasteiger charge is 2.28. The summed E-state index contributed by atoms with van der Waals surface area (Å²) in [6.45, 7) is 0.759. The summed E-state index contributed by atoms with van der Waals surface area (Å²) in [5.41, 5.74) is 0.668. The van der Waals surface area contributed by atoms with Gasteiger partial charge >= 0.3 is 6.09 Å². The molecule has 1 aliphatic rings. The fourth-order valence-corrected chi connectivity index (χ4v) is 2.27. The van der Waals surface area contributed by atoms with E-state index in [0.717, 1.165) is 0 Å². The molecule has 1 fully saturated rings. The predicted octanol–water partition coefficient (Wildman–Crippen LogP) is 2.67. The van der Waals surface area contributed by atoms with Gasteiger partial charge in [0, 0.05) is 23.8 Å². The Kier molecular flexibility index (Phi) is 4.27. The van der Waals surface area contributed by atoms with Gasteiger partial charge in [0.15, 0.2) is 0 Å². The fourth-order valence-electron chi connectivity index (χ4n) is 2.14. The van der Waals surface area contributed by atoms with Crippen molar-refractivity contribution in [2.45, 2.75) is 12.8 Å². The van der Waals surface area contributed by atoms with E-state index in [1.807, 2.05) is 0 Å². The number of halogens is 1. The summed E-state index contributed by atoms with van der Waals surface area (Å²) in [6.07, 6.45) is 0.456. The lowest BCUT2D eigenvalue weighted by molar-refractivity contribution is -0.121. The Hall–Kier alpha value is -1.75. The summed E-state index contributed by atoms with van der Waals surface area (Å²) < 4.78 is 0. The zero-order chi connectivity index (χ0) is 13.8. The average Bonchev–Trinajstić information content (AvgIpc) is 2.41. The third-order valence-corrected chi connectivity index (χ3v) is 3.43. The van der Waals surface area contributed by atoms with Crippen LogP contribution in [0.15, 0.2) is 24.3 Å². The molecule has 1 unspecified atom stereocenters. The largest absolute Gasteiger partial charge is 0.465 e. The first-order valence-electron chi connectivity index (χ1n) is 6.10. The SMILES string of the molecule is O=C(Nc1ccc(Cl)cc1)C1CCCN(C(=O)O)C1. The number of carboxylic acid groups (broad SMARTS) is 1. The molecule has 19 heavy (non-hydrogen) atoms. The molecule has 0 spiro atoms. The Bertz CT molecular complexity index is 475. The molecule has 6 heteroatoms. The molecule has 5 nitrogen and oxygen atoms in total. The second-order valence-corrected chi connectivity index (χ2v) is 5.00. The van der Waals surface area contributed by atoms with Gasteiger partial charge in [-0.15, -0.1) is 0 Å². The van der Waals surface area contributed by atoms with E-state index in [-0.39, 0.29) is 18.4 Å².